The quantitative estimate of drug-likeness (QED) is 0.500. The van der Waals surface area contributed by atoms with Gasteiger partial charge in [-0.25, -0.2) is 19.5 Å². The largest absolute Gasteiger partial charge is 0.465 e. The molecule has 2 unspecified atom stereocenters. The summed E-state index contributed by atoms with van der Waals surface area (Å²) >= 11 is 0. The molecule has 0 bridgehead atoms. The van der Waals surface area contributed by atoms with Crippen molar-refractivity contribution in [2.75, 3.05) is 6.61 Å². The Balaban J connectivity index is 2.63. The lowest BCUT2D eigenvalue weighted by Gasteiger charge is -2.35. The first kappa shape index (κ1) is 18.0. The Kier molecular flexibility index (Phi) is 5.11. The molecule has 10 nitrogen and oxygen atoms in total. The predicted octanol–water partition coefficient (Wildman–Crippen LogP) is 2.39. The normalized spacial score (nSPS) is 20.0. The SMILES string of the molecule is CCOC(=O)C1C(C)=NC(=O)N(C(=O)O)C1c1cccc([N+](=O)[O-])c1. The summed E-state index contributed by atoms with van der Waals surface area (Å²) in [6, 6.07) is 2.73. The second-order valence-corrected chi connectivity index (χ2v) is 5.21. The third kappa shape index (κ3) is 3.47. The van der Waals surface area contributed by atoms with Crippen LogP contribution < -0.4 is 0 Å². The smallest absolute Gasteiger partial charge is 0.416 e. The van der Waals surface area contributed by atoms with Crippen molar-refractivity contribution in [2.45, 2.75) is 19.9 Å². The van der Waals surface area contributed by atoms with Gasteiger partial charge in [-0.3, -0.25) is 14.9 Å². The zero-order valence-corrected chi connectivity index (χ0v) is 13.4. The molecule has 0 radical (unpaired) electrons. The number of aliphatic imine (C=N–C) groups is 1. The number of benzene rings is 1. The highest BCUT2D eigenvalue weighted by molar-refractivity contribution is 6.10. The lowest BCUT2D eigenvalue weighted by atomic mass is 9.87. The molecule has 1 N–H and O–H groups in total. The van der Waals surface area contributed by atoms with E-state index in [2.05, 4.69) is 4.99 Å². The molecule has 0 spiro atoms. The van der Waals surface area contributed by atoms with Crippen molar-refractivity contribution in [1.29, 1.82) is 0 Å². The van der Waals surface area contributed by atoms with Crippen molar-refractivity contribution in [3.63, 3.8) is 0 Å². The fourth-order valence-corrected chi connectivity index (χ4v) is 2.67. The average molecular weight is 349 g/mol. The number of esters is 1. The molecule has 10 heteroatoms. The molecule has 25 heavy (non-hydrogen) atoms. The van der Waals surface area contributed by atoms with Crippen molar-refractivity contribution in [1.82, 2.24) is 4.90 Å². The predicted molar refractivity (Wildman–Crippen MR) is 84.3 cm³/mol. The number of ether oxygens (including phenoxy) is 1. The fourth-order valence-electron chi connectivity index (χ4n) is 2.67. The molecule has 0 fully saturated rings. The van der Waals surface area contributed by atoms with Gasteiger partial charge < -0.3 is 9.84 Å². The number of amides is 3. The van der Waals surface area contributed by atoms with E-state index in [9.17, 15) is 29.6 Å². The second kappa shape index (κ2) is 7.07. The molecule has 0 aromatic heterocycles. The zero-order valence-electron chi connectivity index (χ0n) is 13.4. The summed E-state index contributed by atoms with van der Waals surface area (Å²) in [4.78, 5) is 50.2. The van der Waals surface area contributed by atoms with Crippen LogP contribution in [0.5, 0.6) is 0 Å². The van der Waals surface area contributed by atoms with Crippen molar-refractivity contribution in [3.8, 4) is 0 Å². The van der Waals surface area contributed by atoms with E-state index < -0.39 is 35.0 Å². The van der Waals surface area contributed by atoms with E-state index in [1.54, 1.807) is 6.92 Å². The van der Waals surface area contributed by atoms with Crippen LogP contribution in [0.2, 0.25) is 0 Å². The second-order valence-electron chi connectivity index (χ2n) is 5.21. The van der Waals surface area contributed by atoms with Crippen LogP contribution in [0.1, 0.15) is 25.5 Å². The van der Waals surface area contributed by atoms with Gasteiger partial charge in [-0.2, -0.15) is 0 Å². The van der Waals surface area contributed by atoms with Crippen molar-refractivity contribution >= 4 is 29.5 Å². The molecule has 132 valence electrons. The van der Waals surface area contributed by atoms with Crippen molar-refractivity contribution in [3.05, 3.63) is 39.9 Å². The van der Waals surface area contributed by atoms with Gasteiger partial charge >= 0.3 is 18.1 Å². The van der Waals surface area contributed by atoms with Crippen LogP contribution in [0.4, 0.5) is 15.3 Å². The summed E-state index contributed by atoms with van der Waals surface area (Å²) in [6.45, 7) is 3.03. The molecule has 2 rings (SSSR count). The molecule has 0 saturated heterocycles. The molecule has 2 atom stereocenters. The topological polar surface area (TPSA) is 139 Å². The fraction of sp³-hybridized carbons (Fsp3) is 0.333. The van der Waals surface area contributed by atoms with Crippen molar-refractivity contribution in [2.24, 2.45) is 10.9 Å². The van der Waals surface area contributed by atoms with Crippen LogP contribution in [0.3, 0.4) is 0 Å². The summed E-state index contributed by atoms with van der Waals surface area (Å²) in [6.07, 6.45) is -1.62. The highest BCUT2D eigenvalue weighted by atomic mass is 16.6. The van der Waals surface area contributed by atoms with Crippen LogP contribution in [0.15, 0.2) is 29.3 Å². The number of rotatable bonds is 4. The summed E-state index contributed by atoms with van der Waals surface area (Å²) in [7, 11) is 0. The Labute approximate surface area is 141 Å². The first-order valence-corrected chi connectivity index (χ1v) is 7.30. The molecule has 3 amide bonds. The number of non-ortho nitro benzene ring substituents is 1. The number of imide groups is 1. The van der Waals surface area contributed by atoms with Gasteiger partial charge in [0.1, 0.15) is 5.92 Å². The summed E-state index contributed by atoms with van der Waals surface area (Å²) in [5, 5.41) is 20.4. The third-order valence-corrected chi connectivity index (χ3v) is 3.69. The van der Waals surface area contributed by atoms with E-state index in [-0.39, 0.29) is 23.6 Å². The van der Waals surface area contributed by atoms with Gasteiger partial charge in [-0.1, -0.05) is 12.1 Å². The van der Waals surface area contributed by atoms with Crippen LogP contribution in [-0.4, -0.2) is 45.3 Å². The van der Waals surface area contributed by atoms with Crippen LogP contribution in [-0.2, 0) is 9.53 Å². The number of nitro groups is 1. The number of urea groups is 1. The minimum atomic E-state index is -1.62. The van der Waals surface area contributed by atoms with Crippen LogP contribution in [0.25, 0.3) is 0 Å². The first-order valence-electron chi connectivity index (χ1n) is 7.30. The van der Waals surface area contributed by atoms with Crippen molar-refractivity contribution < 1.29 is 29.2 Å². The Hall–Kier alpha value is -3.30. The maximum atomic E-state index is 12.3. The Morgan fingerprint density at radius 3 is 2.68 bits per heavy atom. The number of carboxylic acid groups (broad SMARTS) is 1. The molecule has 1 aliphatic heterocycles. The molecule has 1 aliphatic rings. The van der Waals surface area contributed by atoms with E-state index >= 15 is 0 Å². The standard InChI is InChI=1S/C15H15N3O7/c1-3-25-13(19)11-8(2)16-14(20)17(15(21)22)12(11)9-5-4-6-10(7-9)18(23)24/h4-7,11-12H,3H2,1-2H3,(H,21,22). The number of carbonyl (C=O) groups excluding carboxylic acids is 2. The minimum absolute atomic E-state index is 0.0469. The lowest BCUT2D eigenvalue weighted by Crippen LogP contribution is -2.49. The number of nitrogens with zero attached hydrogens (tertiary/aromatic N) is 3. The highest BCUT2D eigenvalue weighted by Gasteiger charge is 2.46. The first-order chi connectivity index (χ1) is 11.8. The summed E-state index contributed by atoms with van der Waals surface area (Å²) in [5.74, 6) is -1.95. The molecule has 1 aromatic carbocycles. The third-order valence-electron chi connectivity index (χ3n) is 3.69. The van der Waals surface area contributed by atoms with E-state index in [0.29, 0.717) is 4.90 Å². The molecule has 1 aromatic rings. The van der Waals surface area contributed by atoms with E-state index in [1.165, 1.54) is 25.1 Å². The zero-order chi connectivity index (χ0) is 18.7. The minimum Gasteiger partial charge on any atom is -0.465 e. The molecular formula is C15H15N3O7. The molecular weight excluding hydrogens is 334 g/mol. The van der Waals surface area contributed by atoms with Gasteiger partial charge in [0.25, 0.3) is 5.69 Å². The number of hydrogen-bond donors (Lipinski definition) is 1. The number of nitro benzene ring substituents is 1. The van der Waals surface area contributed by atoms with Gasteiger partial charge in [-0.15, -0.1) is 0 Å². The maximum absolute atomic E-state index is 12.3. The Bertz CT molecular complexity index is 774. The average Bonchev–Trinajstić information content (AvgIpc) is 2.53. The Morgan fingerprint density at radius 1 is 1.44 bits per heavy atom. The summed E-state index contributed by atoms with van der Waals surface area (Å²) in [5.41, 5.74) is -0.0900. The lowest BCUT2D eigenvalue weighted by molar-refractivity contribution is -0.385. The number of carbonyl (C=O) groups is 3. The van der Waals surface area contributed by atoms with Gasteiger partial charge in [0, 0.05) is 17.8 Å². The van der Waals surface area contributed by atoms with E-state index in [4.69, 9.17) is 4.74 Å². The molecule has 0 saturated carbocycles. The van der Waals surface area contributed by atoms with Gasteiger partial charge in [0.2, 0.25) is 0 Å². The summed E-state index contributed by atoms with van der Waals surface area (Å²) < 4.78 is 4.96. The van der Waals surface area contributed by atoms with E-state index in [0.717, 1.165) is 6.07 Å². The molecule has 1 heterocycles. The van der Waals surface area contributed by atoms with Crippen LogP contribution in [0, 0.1) is 16.0 Å². The Morgan fingerprint density at radius 2 is 2.12 bits per heavy atom. The van der Waals surface area contributed by atoms with E-state index in [1.807, 2.05) is 0 Å². The monoisotopic (exact) mass is 349 g/mol. The maximum Gasteiger partial charge on any atom is 0.416 e. The highest BCUT2D eigenvalue weighted by Crippen LogP contribution is 2.36. The van der Waals surface area contributed by atoms with Gasteiger partial charge in [-0.05, 0) is 19.4 Å². The number of hydrogen-bond acceptors (Lipinski definition) is 6. The van der Waals surface area contributed by atoms with Gasteiger partial charge in [0.15, 0.2) is 0 Å². The molecule has 0 aliphatic carbocycles. The van der Waals surface area contributed by atoms with Gasteiger partial charge in [0.05, 0.1) is 17.6 Å². The van der Waals surface area contributed by atoms with Crippen LogP contribution >= 0.6 is 0 Å².